The Balaban J connectivity index is 1.19. The van der Waals surface area contributed by atoms with Crippen LogP contribution in [0.5, 0.6) is 0 Å². The van der Waals surface area contributed by atoms with Crippen LogP contribution in [0.3, 0.4) is 0 Å². The summed E-state index contributed by atoms with van der Waals surface area (Å²) in [5, 5.41) is 7.98. The van der Waals surface area contributed by atoms with E-state index in [4.69, 9.17) is 4.42 Å². The molecule has 1 heterocycles. The van der Waals surface area contributed by atoms with E-state index >= 15 is 0 Å². The van der Waals surface area contributed by atoms with Gasteiger partial charge in [0.1, 0.15) is 11.2 Å². The zero-order valence-corrected chi connectivity index (χ0v) is 26.4. The highest BCUT2D eigenvalue weighted by molar-refractivity contribution is 6.22. The second-order valence-corrected chi connectivity index (χ2v) is 12.5. The monoisotopic (exact) mass is 626 g/mol. The van der Waals surface area contributed by atoms with Gasteiger partial charge >= 0.3 is 0 Å². The summed E-state index contributed by atoms with van der Waals surface area (Å²) in [6.07, 6.45) is 0. The largest absolute Gasteiger partial charge is 0.455 e. The number of furan rings is 1. The molecule has 0 spiro atoms. The Bertz CT molecular complexity index is 3000. The maximum atomic E-state index is 9.41. The highest BCUT2D eigenvalue weighted by atomic mass is 16.3. The van der Waals surface area contributed by atoms with E-state index < -0.39 is 0 Å². The van der Waals surface area contributed by atoms with Crippen molar-refractivity contribution in [3.8, 4) is 44.5 Å². The van der Waals surface area contributed by atoms with Crippen LogP contribution >= 0.6 is 0 Å². The van der Waals surface area contributed by atoms with Crippen LogP contribution in [0.4, 0.5) is 0 Å². The summed E-state index contributed by atoms with van der Waals surface area (Å²) >= 11 is 0. The predicted molar refractivity (Wildman–Crippen MR) is 208 cm³/mol. The first kappa shape index (κ1) is 23.8. The Morgan fingerprint density at radius 2 is 0.816 bits per heavy atom. The van der Waals surface area contributed by atoms with Gasteiger partial charge in [-0.05, 0) is 89.6 Å². The van der Waals surface area contributed by atoms with Gasteiger partial charge in [0, 0.05) is 16.2 Å². The van der Waals surface area contributed by atoms with Crippen LogP contribution in [0.25, 0.3) is 98.8 Å². The average Bonchev–Trinajstić information content (AvgIpc) is 3.59. The maximum absolute atomic E-state index is 9.41. The molecular weight excluding hydrogens is 593 g/mol. The quantitative estimate of drug-likeness (QED) is 0.177. The summed E-state index contributed by atoms with van der Waals surface area (Å²) < 4.78 is 43.8. The molecule has 0 N–H and O–H groups in total. The van der Waals surface area contributed by atoms with Crippen LogP contribution < -0.4 is 0 Å². The molecule has 1 nitrogen and oxygen atoms in total. The van der Waals surface area contributed by atoms with Crippen molar-refractivity contribution in [3.63, 3.8) is 0 Å². The Hall–Kier alpha value is -6.44. The molecule has 0 aliphatic heterocycles. The fourth-order valence-corrected chi connectivity index (χ4v) is 7.41. The summed E-state index contributed by atoms with van der Waals surface area (Å²) in [6, 6.07) is 52.6. The van der Waals surface area contributed by atoms with E-state index in [2.05, 4.69) is 48.5 Å². The molecular formula is C48H30O. The van der Waals surface area contributed by atoms with Crippen LogP contribution in [0.2, 0.25) is 0 Å². The van der Waals surface area contributed by atoms with Gasteiger partial charge in [0.2, 0.25) is 0 Å². The average molecular weight is 627 g/mol. The molecule has 1 heteroatoms. The zero-order chi connectivity index (χ0) is 35.8. The van der Waals surface area contributed by atoms with E-state index in [1.54, 1.807) is 0 Å². The number of rotatable bonds is 4. The molecule has 0 fully saturated rings. The molecule has 0 saturated carbocycles. The van der Waals surface area contributed by atoms with E-state index in [1.165, 1.54) is 0 Å². The second-order valence-electron chi connectivity index (χ2n) is 12.5. The summed E-state index contributed by atoms with van der Waals surface area (Å²) in [5.74, 6) is 0. The Kier molecular flexibility index (Phi) is 5.38. The molecule has 0 aliphatic carbocycles. The van der Waals surface area contributed by atoms with Gasteiger partial charge in [-0.2, -0.15) is 0 Å². The van der Waals surface area contributed by atoms with Crippen LogP contribution in [0, 0.1) is 0 Å². The molecule has 49 heavy (non-hydrogen) atoms. The molecule has 0 amide bonds. The Morgan fingerprint density at radius 1 is 0.327 bits per heavy atom. The third kappa shape index (κ3) is 4.47. The lowest BCUT2D eigenvalue weighted by atomic mass is 9.85. The highest BCUT2D eigenvalue weighted by Gasteiger charge is 2.18. The predicted octanol–water partition coefficient (Wildman–Crippen LogP) is 13.7. The third-order valence-corrected chi connectivity index (χ3v) is 9.74. The zero-order valence-electron chi connectivity index (χ0n) is 30.4. The minimum absolute atomic E-state index is 0.0597. The molecule has 10 aromatic rings. The lowest BCUT2D eigenvalue weighted by molar-refractivity contribution is 0.672. The Morgan fingerprint density at radius 3 is 1.47 bits per heavy atom. The molecule has 10 rings (SSSR count). The smallest absolute Gasteiger partial charge is 0.143 e. The molecule has 0 radical (unpaired) electrons. The summed E-state index contributed by atoms with van der Waals surface area (Å²) in [7, 11) is 0. The van der Waals surface area contributed by atoms with Gasteiger partial charge in [0.25, 0.3) is 0 Å². The number of benzene rings is 9. The molecule has 0 saturated heterocycles. The van der Waals surface area contributed by atoms with E-state index in [1.807, 2.05) is 109 Å². The third-order valence-electron chi connectivity index (χ3n) is 9.74. The van der Waals surface area contributed by atoms with E-state index in [0.29, 0.717) is 22.3 Å². The number of fused-ring (bicyclic) bond motifs is 7. The summed E-state index contributed by atoms with van der Waals surface area (Å²) in [5.41, 5.74) is 7.80. The SMILES string of the molecule is [2H]c1c([2H])c(-c2c3ccccc3c(-c3ccc4oc5c6ccccc6ccc5c4c3)c3ccccc23)c([2H])c([2H])c1-c1ccc(-c2ccccc2)cc1. The lowest BCUT2D eigenvalue weighted by Gasteiger charge is -2.18. The van der Waals surface area contributed by atoms with Crippen LogP contribution in [-0.4, -0.2) is 0 Å². The topological polar surface area (TPSA) is 13.1 Å². The number of hydrogen-bond donors (Lipinski definition) is 0. The minimum Gasteiger partial charge on any atom is -0.455 e. The molecule has 1 aromatic heterocycles. The van der Waals surface area contributed by atoms with Crippen molar-refractivity contribution >= 4 is 54.3 Å². The van der Waals surface area contributed by atoms with E-state index in [0.717, 1.165) is 76.5 Å². The molecule has 0 atom stereocenters. The van der Waals surface area contributed by atoms with Crippen molar-refractivity contribution < 1.29 is 9.90 Å². The van der Waals surface area contributed by atoms with Gasteiger partial charge in [-0.1, -0.05) is 164 Å². The van der Waals surface area contributed by atoms with Gasteiger partial charge in [0.05, 0.1) is 5.48 Å². The Labute approximate surface area is 289 Å². The summed E-state index contributed by atoms with van der Waals surface area (Å²) in [6.45, 7) is 0. The number of hydrogen-bond acceptors (Lipinski definition) is 1. The first-order valence-electron chi connectivity index (χ1n) is 18.5. The van der Waals surface area contributed by atoms with E-state index in [9.17, 15) is 5.48 Å². The lowest BCUT2D eigenvalue weighted by Crippen LogP contribution is -1.91. The minimum atomic E-state index is -0.0605. The van der Waals surface area contributed by atoms with Crippen molar-refractivity contribution in [1.29, 1.82) is 0 Å². The normalized spacial score (nSPS) is 12.8. The van der Waals surface area contributed by atoms with E-state index in [-0.39, 0.29) is 24.2 Å². The van der Waals surface area contributed by atoms with Gasteiger partial charge in [-0.15, -0.1) is 0 Å². The van der Waals surface area contributed by atoms with Crippen molar-refractivity contribution in [1.82, 2.24) is 0 Å². The molecule has 0 aliphatic rings. The fraction of sp³-hybridized carbons (Fsp3) is 0. The van der Waals surface area contributed by atoms with Crippen molar-refractivity contribution in [2.75, 3.05) is 0 Å². The van der Waals surface area contributed by atoms with Crippen molar-refractivity contribution in [2.45, 2.75) is 0 Å². The first-order chi connectivity index (χ1) is 26.0. The fourth-order valence-electron chi connectivity index (χ4n) is 7.41. The summed E-state index contributed by atoms with van der Waals surface area (Å²) in [4.78, 5) is 0. The molecule has 9 aromatic carbocycles. The molecule has 0 bridgehead atoms. The van der Waals surface area contributed by atoms with Crippen LogP contribution in [0.15, 0.2) is 186 Å². The first-order valence-corrected chi connectivity index (χ1v) is 16.5. The second kappa shape index (κ2) is 11.1. The highest BCUT2D eigenvalue weighted by Crippen LogP contribution is 2.45. The van der Waals surface area contributed by atoms with Crippen molar-refractivity contribution in [2.24, 2.45) is 0 Å². The van der Waals surface area contributed by atoms with Crippen molar-refractivity contribution in [3.05, 3.63) is 182 Å². The van der Waals surface area contributed by atoms with Gasteiger partial charge in [-0.3, -0.25) is 0 Å². The van der Waals surface area contributed by atoms with Gasteiger partial charge in [-0.25, -0.2) is 0 Å². The standard InChI is InChI=1S/C48H30O/c1-2-10-31(11-3-1)32-18-20-33(21-19-32)34-22-24-36(25-23-34)46-39-14-6-8-16-41(39)47(42-17-9-7-15-40(42)46)37-27-29-45-44(30-37)43-28-26-35-12-4-5-13-38(35)48(43)49-45/h1-30H/i22D,23D,24D,25D. The molecule has 228 valence electrons. The maximum Gasteiger partial charge on any atom is 0.143 e. The van der Waals surface area contributed by atoms with Gasteiger partial charge < -0.3 is 4.42 Å². The van der Waals surface area contributed by atoms with Crippen LogP contribution in [0.1, 0.15) is 5.48 Å². The van der Waals surface area contributed by atoms with Crippen LogP contribution in [-0.2, 0) is 0 Å². The molecule has 0 unspecified atom stereocenters. The van der Waals surface area contributed by atoms with Gasteiger partial charge in [0.15, 0.2) is 0 Å².